The van der Waals surface area contributed by atoms with Gasteiger partial charge in [0.25, 0.3) is 0 Å². The number of nitrogens with zero attached hydrogens (tertiary/aromatic N) is 2. The number of pyridine rings is 1. The van der Waals surface area contributed by atoms with Gasteiger partial charge in [-0.3, -0.25) is 9.78 Å². The summed E-state index contributed by atoms with van der Waals surface area (Å²) in [6.07, 6.45) is 6.22. The quantitative estimate of drug-likeness (QED) is 0.892. The van der Waals surface area contributed by atoms with Crippen LogP contribution in [0.5, 0.6) is 0 Å². The maximum atomic E-state index is 12.7. The van der Waals surface area contributed by atoms with E-state index in [1.165, 1.54) is 6.20 Å². The minimum Gasteiger partial charge on any atom is -0.341 e. The summed E-state index contributed by atoms with van der Waals surface area (Å²) < 4.78 is 28.2. The Bertz CT molecular complexity index is 923. The number of hydrogen-bond acceptors (Lipinski definition) is 4. The van der Waals surface area contributed by atoms with Crippen LogP contribution in [-0.4, -0.2) is 43.3 Å². The Kier molecular flexibility index (Phi) is 4.67. The third kappa shape index (κ3) is 3.46. The third-order valence-electron chi connectivity index (χ3n) is 5.40. The van der Waals surface area contributed by atoms with E-state index in [0.717, 1.165) is 36.6 Å². The molecule has 138 valence electrons. The van der Waals surface area contributed by atoms with Crippen LogP contribution < -0.4 is 4.72 Å². The molecule has 0 bridgehead atoms. The fraction of sp³-hybridized carbons (Fsp3) is 0.474. The van der Waals surface area contributed by atoms with Crippen molar-refractivity contribution in [1.82, 2.24) is 14.6 Å². The SMILES string of the molecule is O=C(C1CCCC1)N1CCC(NS(=O)(=O)c2cnc3ccccc3c2)C1. The first-order valence-electron chi connectivity index (χ1n) is 9.19. The molecule has 7 heteroatoms. The van der Waals surface area contributed by atoms with E-state index in [0.29, 0.717) is 19.5 Å². The number of fused-ring (bicyclic) bond motifs is 1. The largest absolute Gasteiger partial charge is 0.341 e. The van der Waals surface area contributed by atoms with E-state index in [9.17, 15) is 13.2 Å². The third-order valence-corrected chi connectivity index (χ3v) is 6.89. The van der Waals surface area contributed by atoms with Crippen LogP contribution in [0.25, 0.3) is 10.9 Å². The monoisotopic (exact) mass is 373 g/mol. The number of rotatable bonds is 4. The normalized spacial score (nSPS) is 21.5. The van der Waals surface area contributed by atoms with Crippen LogP contribution >= 0.6 is 0 Å². The summed E-state index contributed by atoms with van der Waals surface area (Å²) in [6.45, 7) is 1.08. The molecular formula is C19H23N3O3S. The van der Waals surface area contributed by atoms with Crippen LogP contribution in [-0.2, 0) is 14.8 Å². The van der Waals surface area contributed by atoms with Crippen molar-refractivity contribution >= 4 is 26.8 Å². The molecule has 1 aliphatic heterocycles. The van der Waals surface area contributed by atoms with E-state index in [-0.39, 0.29) is 22.8 Å². The zero-order valence-electron chi connectivity index (χ0n) is 14.6. The molecule has 4 rings (SSSR count). The molecule has 0 radical (unpaired) electrons. The fourth-order valence-corrected chi connectivity index (χ4v) is 5.21. The van der Waals surface area contributed by atoms with Crippen molar-refractivity contribution in [3.8, 4) is 0 Å². The molecule has 2 heterocycles. The molecule has 1 aromatic heterocycles. The number of nitrogens with one attached hydrogen (secondary N) is 1. The van der Waals surface area contributed by atoms with Crippen LogP contribution in [0, 0.1) is 5.92 Å². The van der Waals surface area contributed by atoms with Gasteiger partial charge >= 0.3 is 0 Å². The Morgan fingerprint density at radius 1 is 1.15 bits per heavy atom. The van der Waals surface area contributed by atoms with Crippen molar-refractivity contribution in [2.24, 2.45) is 5.92 Å². The van der Waals surface area contributed by atoms with E-state index in [1.807, 2.05) is 29.2 Å². The lowest BCUT2D eigenvalue weighted by molar-refractivity contribution is -0.134. The minimum atomic E-state index is -3.65. The molecule has 1 unspecified atom stereocenters. The van der Waals surface area contributed by atoms with E-state index in [1.54, 1.807) is 6.07 Å². The molecule has 2 aromatic rings. The van der Waals surface area contributed by atoms with Crippen LogP contribution in [0.2, 0.25) is 0 Å². The summed E-state index contributed by atoms with van der Waals surface area (Å²) in [4.78, 5) is 18.7. The molecule has 1 N–H and O–H groups in total. The summed E-state index contributed by atoms with van der Waals surface area (Å²) in [5.74, 6) is 0.326. The van der Waals surface area contributed by atoms with Gasteiger partial charge in [-0.05, 0) is 31.4 Å². The Balaban J connectivity index is 1.45. The first-order valence-corrected chi connectivity index (χ1v) is 10.7. The second-order valence-corrected chi connectivity index (χ2v) is 8.95. The van der Waals surface area contributed by atoms with Crippen molar-refractivity contribution in [2.45, 2.75) is 43.0 Å². The number of amides is 1. The first kappa shape index (κ1) is 17.4. The molecule has 1 saturated carbocycles. The number of benzene rings is 1. The van der Waals surface area contributed by atoms with Crippen molar-refractivity contribution in [1.29, 1.82) is 0 Å². The zero-order valence-corrected chi connectivity index (χ0v) is 15.4. The summed E-state index contributed by atoms with van der Waals surface area (Å²) >= 11 is 0. The number of carbonyl (C=O) groups excluding carboxylic acids is 1. The highest BCUT2D eigenvalue weighted by atomic mass is 32.2. The van der Waals surface area contributed by atoms with Crippen LogP contribution in [0.4, 0.5) is 0 Å². The first-order chi connectivity index (χ1) is 12.5. The number of sulfonamides is 1. The molecule has 26 heavy (non-hydrogen) atoms. The lowest BCUT2D eigenvalue weighted by Crippen LogP contribution is -2.39. The molecule has 0 spiro atoms. The van der Waals surface area contributed by atoms with Gasteiger partial charge in [0.2, 0.25) is 15.9 Å². The smallest absolute Gasteiger partial charge is 0.242 e. The van der Waals surface area contributed by atoms with Gasteiger partial charge in [-0.15, -0.1) is 0 Å². The molecule has 2 aliphatic rings. The Hall–Kier alpha value is -1.99. The standard InChI is InChI=1S/C19H23N3O3S/c23-19(14-5-1-2-6-14)22-10-9-16(13-22)21-26(24,25)17-11-15-7-3-4-8-18(15)20-12-17/h3-4,7-8,11-12,14,16,21H,1-2,5-6,9-10,13H2. The van der Waals surface area contributed by atoms with Gasteiger partial charge in [0.1, 0.15) is 4.90 Å². The predicted octanol–water partition coefficient (Wildman–Crippen LogP) is 2.30. The van der Waals surface area contributed by atoms with Gasteiger partial charge in [0.15, 0.2) is 0 Å². The predicted molar refractivity (Wildman–Crippen MR) is 99.0 cm³/mol. The molecule has 6 nitrogen and oxygen atoms in total. The van der Waals surface area contributed by atoms with Gasteiger partial charge in [0.05, 0.1) is 5.52 Å². The van der Waals surface area contributed by atoms with Crippen LogP contribution in [0.3, 0.4) is 0 Å². The van der Waals surface area contributed by atoms with Crippen LogP contribution in [0.15, 0.2) is 41.4 Å². The lowest BCUT2D eigenvalue weighted by atomic mass is 10.1. The Morgan fingerprint density at radius 3 is 2.73 bits per heavy atom. The molecule has 1 aliphatic carbocycles. The number of aromatic nitrogens is 1. The second kappa shape index (κ2) is 6.96. The van der Waals surface area contributed by atoms with E-state index >= 15 is 0 Å². The highest BCUT2D eigenvalue weighted by Crippen LogP contribution is 2.28. The minimum absolute atomic E-state index is 0.134. The average molecular weight is 373 g/mol. The maximum Gasteiger partial charge on any atom is 0.242 e. The summed E-state index contributed by atoms with van der Waals surface area (Å²) in [5, 5.41) is 0.792. The van der Waals surface area contributed by atoms with E-state index in [4.69, 9.17) is 0 Å². The average Bonchev–Trinajstić information content (AvgIpc) is 3.32. The molecule has 1 aromatic carbocycles. The van der Waals surface area contributed by atoms with Gasteiger partial charge in [-0.1, -0.05) is 31.0 Å². The molecule has 1 amide bonds. The summed E-state index contributed by atoms with van der Waals surface area (Å²) in [5.41, 5.74) is 0.764. The Morgan fingerprint density at radius 2 is 1.92 bits per heavy atom. The fourth-order valence-electron chi connectivity index (χ4n) is 3.97. The van der Waals surface area contributed by atoms with E-state index < -0.39 is 10.0 Å². The lowest BCUT2D eigenvalue weighted by Gasteiger charge is -2.20. The number of para-hydroxylation sites is 1. The Labute approximate surface area is 153 Å². The summed E-state index contributed by atoms with van der Waals surface area (Å²) in [7, 11) is -3.65. The van der Waals surface area contributed by atoms with Crippen molar-refractivity contribution in [3.63, 3.8) is 0 Å². The van der Waals surface area contributed by atoms with Gasteiger partial charge in [-0.2, -0.15) is 0 Å². The topological polar surface area (TPSA) is 79.4 Å². The van der Waals surface area contributed by atoms with Gasteiger partial charge < -0.3 is 4.90 Å². The van der Waals surface area contributed by atoms with Crippen molar-refractivity contribution in [3.05, 3.63) is 36.5 Å². The maximum absolute atomic E-state index is 12.7. The molecule has 1 atom stereocenters. The van der Waals surface area contributed by atoms with Gasteiger partial charge in [0, 0.05) is 36.6 Å². The van der Waals surface area contributed by atoms with E-state index in [2.05, 4.69) is 9.71 Å². The highest BCUT2D eigenvalue weighted by Gasteiger charge is 2.34. The van der Waals surface area contributed by atoms with Crippen molar-refractivity contribution in [2.75, 3.05) is 13.1 Å². The number of likely N-dealkylation sites (tertiary alicyclic amines) is 1. The molecule has 1 saturated heterocycles. The van der Waals surface area contributed by atoms with Crippen molar-refractivity contribution < 1.29 is 13.2 Å². The van der Waals surface area contributed by atoms with Gasteiger partial charge in [-0.25, -0.2) is 13.1 Å². The molecule has 2 fully saturated rings. The zero-order chi connectivity index (χ0) is 18.1. The highest BCUT2D eigenvalue weighted by molar-refractivity contribution is 7.89. The second-order valence-electron chi connectivity index (χ2n) is 7.24. The van der Waals surface area contributed by atoms with Crippen LogP contribution in [0.1, 0.15) is 32.1 Å². The summed E-state index contributed by atoms with van der Waals surface area (Å²) in [6, 6.07) is 8.83. The molecular weight excluding hydrogens is 350 g/mol. The number of hydrogen-bond donors (Lipinski definition) is 1. The number of carbonyl (C=O) groups is 1.